The van der Waals surface area contributed by atoms with E-state index in [9.17, 15) is 4.79 Å². The first-order chi connectivity index (χ1) is 8.27. The molecule has 0 atom stereocenters. The van der Waals surface area contributed by atoms with Crippen LogP contribution in [0.2, 0.25) is 0 Å². The molecule has 1 aliphatic carbocycles. The van der Waals surface area contributed by atoms with Crippen LogP contribution in [0.5, 0.6) is 0 Å². The smallest absolute Gasteiger partial charge is 0.294 e. The zero-order valence-corrected chi connectivity index (χ0v) is 9.51. The maximum atomic E-state index is 10.8. The Labute approximate surface area is 99.9 Å². The molecule has 0 heterocycles. The summed E-state index contributed by atoms with van der Waals surface area (Å²) in [5.41, 5.74) is 3.73. The minimum Gasteiger partial charge on any atom is -0.452 e. The van der Waals surface area contributed by atoms with E-state index in [2.05, 4.69) is 12.1 Å². The number of benzene rings is 2. The van der Waals surface area contributed by atoms with Crippen LogP contribution in [0.3, 0.4) is 0 Å². The second-order valence-corrected chi connectivity index (χ2v) is 4.34. The van der Waals surface area contributed by atoms with Gasteiger partial charge in [0.2, 0.25) is 0 Å². The Bertz CT molecular complexity index is 541. The molecule has 2 nitrogen and oxygen atoms in total. The first kappa shape index (κ1) is 10.1. The van der Waals surface area contributed by atoms with E-state index in [1.807, 2.05) is 43.3 Å². The summed E-state index contributed by atoms with van der Waals surface area (Å²) < 4.78 is 5.36. The first-order valence-corrected chi connectivity index (χ1v) is 5.58. The van der Waals surface area contributed by atoms with Crippen molar-refractivity contribution in [1.29, 1.82) is 0 Å². The van der Waals surface area contributed by atoms with E-state index in [1.165, 1.54) is 0 Å². The molecule has 2 aromatic carbocycles. The Morgan fingerprint density at radius 2 is 1.41 bits per heavy atom. The van der Waals surface area contributed by atoms with Crippen molar-refractivity contribution in [3.05, 3.63) is 59.7 Å². The summed E-state index contributed by atoms with van der Waals surface area (Å²) in [6.45, 7) is 2.46. The fraction of sp³-hybridized carbons (Fsp3) is 0.133. The third-order valence-electron chi connectivity index (χ3n) is 3.46. The lowest BCUT2D eigenvalue weighted by molar-refractivity contribution is -0.138. The van der Waals surface area contributed by atoms with Gasteiger partial charge in [-0.2, -0.15) is 0 Å². The number of fused-ring (bicyclic) bond motifs is 3. The number of carbonyl (C=O) groups is 1. The van der Waals surface area contributed by atoms with Gasteiger partial charge in [0.15, 0.2) is 5.60 Å². The molecule has 2 heteroatoms. The van der Waals surface area contributed by atoms with Crippen LogP contribution in [0.1, 0.15) is 18.1 Å². The lowest BCUT2D eigenvalue weighted by Crippen LogP contribution is -2.24. The molecule has 0 unspecified atom stereocenters. The highest BCUT2D eigenvalue weighted by atomic mass is 16.5. The highest BCUT2D eigenvalue weighted by Gasteiger charge is 2.40. The van der Waals surface area contributed by atoms with Crippen LogP contribution in [0, 0.1) is 0 Å². The monoisotopic (exact) mass is 224 g/mol. The summed E-state index contributed by atoms with van der Waals surface area (Å²) in [7, 11) is 0. The predicted molar refractivity (Wildman–Crippen MR) is 65.5 cm³/mol. The Kier molecular flexibility index (Phi) is 2.05. The summed E-state index contributed by atoms with van der Waals surface area (Å²) in [4.78, 5) is 10.8. The Hall–Kier alpha value is -2.09. The molecule has 2 aromatic rings. The molecule has 0 fully saturated rings. The van der Waals surface area contributed by atoms with Gasteiger partial charge in [-0.25, -0.2) is 0 Å². The van der Waals surface area contributed by atoms with Gasteiger partial charge in [-0.3, -0.25) is 4.79 Å². The molecule has 0 radical (unpaired) electrons. The van der Waals surface area contributed by atoms with Crippen molar-refractivity contribution in [3.8, 4) is 11.1 Å². The van der Waals surface area contributed by atoms with Gasteiger partial charge in [0, 0.05) is 11.1 Å². The molecule has 0 bridgehead atoms. The Morgan fingerprint density at radius 3 is 1.88 bits per heavy atom. The van der Waals surface area contributed by atoms with E-state index < -0.39 is 5.60 Å². The molecule has 0 saturated carbocycles. The standard InChI is InChI=1S/C15H12O2/c1-15(17-10-16)13-8-4-2-6-11(13)12-7-3-5-9-14(12)15/h2-10H,1H3. The molecule has 84 valence electrons. The van der Waals surface area contributed by atoms with E-state index in [0.717, 1.165) is 22.3 Å². The van der Waals surface area contributed by atoms with E-state index in [4.69, 9.17) is 4.74 Å². The van der Waals surface area contributed by atoms with Gasteiger partial charge in [0.1, 0.15) is 0 Å². The summed E-state index contributed by atoms with van der Waals surface area (Å²) >= 11 is 0. The zero-order valence-electron chi connectivity index (χ0n) is 9.51. The van der Waals surface area contributed by atoms with E-state index in [1.54, 1.807) is 0 Å². The van der Waals surface area contributed by atoms with Crippen molar-refractivity contribution in [3.63, 3.8) is 0 Å². The van der Waals surface area contributed by atoms with Gasteiger partial charge < -0.3 is 4.74 Å². The SMILES string of the molecule is CC1(OC=O)c2ccccc2-c2ccccc21. The largest absolute Gasteiger partial charge is 0.452 e. The van der Waals surface area contributed by atoms with Crippen LogP contribution in [0.25, 0.3) is 11.1 Å². The molecular formula is C15H12O2. The van der Waals surface area contributed by atoms with Crippen molar-refractivity contribution in [1.82, 2.24) is 0 Å². The van der Waals surface area contributed by atoms with Gasteiger partial charge >= 0.3 is 0 Å². The van der Waals surface area contributed by atoms with E-state index in [0.29, 0.717) is 6.47 Å². The maximum absolute atomic E-state index is 10.8. The molecule has 0 saturated heterocycles. The van der Waals surface area contributed by atoms with E-state index >= 15 is 0 Å². The molecule has 0 aromatic heterocycles. The van der Waals surface area contributed by atoms with Crippen molar-refractivity contribution < 1.29 is 9.53 Å². The summed E-state index contributed by atoms with van der Waals surface area (Å²) in [6, 6.07) is 16.1. The minimum absolute atomic E-state index is 0.527. The predicted octanol–water partition coefficient (Wildman–Crippen LogP) is 3.10. The van der Waals surface area contributed by atoms with Crippen molar-refractivity contribution >= 4 is 6.47 Å². The molecule has 1 aliphatic rings. The third kappa shape index (κ3) is 1.24. The van der Waals surface area contributed by atoms with Gasteiger partial charge in [-0.1, -0.05) is 48.5 Å². The number of hydrogen-bond acceptors (Lipinski definition) is 2. The lowest BCUT2D eigenvalue weighted by atomic mass is 9.93. The molecular weight excluding hydrogens is 212 g/mol. The Balaban J connectivity index is 2.34. The number of hydrogen-bond donors (Lipinski definition) is 0. The maximum Gasteiger partial charge on any atom is 0.294 e. The number of ether oxygens (including phenoxy) is 1. The van der Waals surface area contributed by atoms with Gasteiger partial charge in [-0.05, 0) is 18.1 Å². The molecule has 0 spiro atoms. The average molecular weight is 224 g/mol. The number of carbonyl (C=O) groups excluding carboxylic acids is 1. The fourth-order valence-corrected chi connectivity index (χ4v) is 2.64. The molecule has 0 N–H and O–H groups in total. The topological polar surface area (TPSA) is 26.3 Å². The highest BCUT2D eigenvalue weighted by molar-refractivity contribution is 5.80. The molecule has 3 rings (SSSR count). The van der Waals surface area contributed by atoms with Gasteiger partial charge in [0.25, 0.3) is 6.47 Å². The Morgan fingerprint density at radius 1 is 0.941 bits per heavy atom. The van der Waals surface area contributed by atoms with Gasteiger partial charge in [-0.15, -0.1) is 0 Å². The highest BCUT2D eigenvalue weighted by Crippen LogP contribution is 2.48. The lowest BCUT2D eigenvalue weighted by Gasteiger charge is -2.24. The zero-order chi connectivity index (χ0) is 11.9. The second-order valence-electron chi connectivity index (χ2n) is 4.34. The number of rotatable bonds is 2. The minimum atomic E-state index is -0.658. The quantitative estimate of drug-likeness (QED) is 0.733. The van der Waals surface area contributed by atoms with Crippen molar-refractivity contribution in [2.45, 2.75) is 12.5 Å². The van der Waals surface area contributed by atoms with E-state index in [-0.39, 0.29) is 0 Å². The first-order valence-electron chi connectivity index (χ1n) is 5.58. The second kappa shape index (κ2) is 3.45. The average Bonchev–Trinajstić information content (AvgIpc) is 2.62. The fourth-order valence-electron chi connectivity index (χ4n) is 2.64. The van der Waals surface area contributed by atoms with Crippen molar-refractivity contribution in [2.75, 3.05) is 0 Å². The third-order valence-corrected chi connectivity index (χ3v) is 3.46. The van der Waals surface area contributed by atoms with Crippen LogP contribution in [0.4, 0.5) is 0 Å². The van der Waals surface area contributed by atoms with Crippen molar-refractivity contribution in [2.24, 2.45) is 0 Å². The summed E-state index contributed by atoms with van der Waals surface area (Å²) in [6.07, 6.45) is 0. The van der Waals surface area contributed by atoms with Gasteiger partial charge in [0.05, 0.1) is 0 Å². The molecule has 0 aliphatic heterocycles. The van der Waals surface area contributed by atoms with Crippen LogP contribution >= 0.6 is 0 Å². The molecule has 0 amide bonds. The van der Waals surface area contributed by atoms with Crippen LogP contribution < -0.4 is 0 Å². The molecule has 17 heavy (non-hydrogen) atoms. The van der Waals surface area contributed by atoms with Crippen LogP contribution in [-0.4, -0.2) is 6.47 Å². The summed E-state index contributed by atoms with van der Waals surface area (Å²) in [5.74, 6) is 0. The normalized spacial score (nSPS) is 14.9. The summed E-state index contributed by atoms with van der Waals surface area (Å²) in [5, 5.41) is 0. The van der Waals surface area contributed by atoms with Crippen LogP contribution in [0.15, 0.2) is 48.5 Å². The van der Waals surface area contributed by atoms with Crippen LogP contribution in [-0.2, 0) is 15.1 Å².